The molecule has 0 unspecified atom stereocenters. The van der Waals surface area contributed by atoms with Crippen molar-refractivity contribution >= 4 is 28.6 Å². The van der Waals surface area contributed by atoms with Crippen molar-refractivity contribution < 1.29 is 0 Å². The summed E-state index contributed by atoms with van der Waals surface area (Å²) in [6, 6.07) is 6.51. The molecule has 0 radical (unpaired) electrons. The molecule has 0 bridgehead atoms. The van der Waals surface area contributed by atoms with Crippen LogP contribution in [0.15, 0.2) is 29.1 Å². The molecule has 1 aromatic heterocycles. The van der Waals surface area contributed by atoms with E-state index in [1.54, 1.807) is 11.3 Å². The van der Waals surface area contributed by atoms with E-state index in [2.05, 4.69) is 47.5 Å². The molecule has 2 rings (SSSR count). The van der Waals surface area contributed by atoms with Gasteiger partial charge in [-0.2, -0.15) is 0 Å². The molecule has 0 saturated carbocycles. The summed E-state index contributed by atoms with van der Waals surface area (Å²) in [4.78, 5) is 6.49. The minimum Gasteiger partial charge on any atom is -0.367 e. The van der Waals surface area contributed by atoms with Crippen LogP contribution in [0.3, 0.4) is 0 Å². The average Bonchev–Trinajstić information content (AvgIpc) is 2.88. The maximum Gasteiger partial charge on any atom is 0.0795 e. The van der Waals surface area contributed by atoms with E-state index in [9.17, 15) is 0 Å². The van der Waals surface area contributed by atoms with Crippen molar-refractivity contribution in [3.8, 4) is 0 Å². The van der Waals surface area contributed by atoms with Crippen molar-refractivity contribution in [2.45, 2.75) is 33.0 Å². The Labute approximate surface area is 129 Å². The lowest BCUT2D eigenvalue weighted by Gasteiger charge is -2.23. The molecule has 0 aliphatic carbocycles. The van der Waals surface area contributed by atoms with Crippen LogP contribution in [0.4, 0.5) is 5.69 Å². The van der Waals surface area contributed by atoms with Crippen LogP contribution in [0.5, 0.6) is 0 Å². The summed E-state index contributed by atoms with van der Waals surface area (Å²) in [5, 5.41) is 6.30. The molecule has 1 N–H and O–H groups in total. The first-order valence-corrected chi connectivity index (χ1v) is 7.99. The minimum absolute atomic E-state index is 0.450. The van der Waals surface area contributed by atoms with E-state index >= 15 is 0 Å². The van der Waals surface area contributed by atoms with Crippen LogP contribution in [-0.4, -0.2) is 18.1 Å². The third kappa shape index (κ3) is 3.95. The normalized spacial score (nSPS) is 11.1. The van der Waals surface area contributed by atoms with Crippen molar-refractivity contribution in [3.05, 3.63) is 45.4 Å². The highest BCUT2D eigenvalue weighted by Gasteiger charge is 2.13. The quantitative estimate of drug-likeness (QED) is 0.876. The lowest BCUT2D eigenvalue weighted by molar-refractivity contribution is 0.588. The number of thiazole rings is 1. The molecule has 0 fully saturated rings. The zero-order valence-corrected chi connectivity index (χ0v) is 13.6. The van der Waals surface area contributed by atoms with E-state index in [4.69, 9.17) is 11.6 Å². The van der Waals surface area contributed by atoms with Gasteiger partial charge in [0.15, 0.2) is 0 Å². The zero-order valence-electron chi connectivity index (χ0n) is 12.1. The number of hydrogen-bond donors (Lipinski definition) is 1. The SMILES string of the molecule is CC(C)NCc1cccc(Cl)c1N(C)Cc1cscn1. The first-order chi connectivity index (χ1) is 9.58. The number of aromatic nitrogens is 1. The van der Waals surface area contributed by atoms with E-state index in [1.165, 1.54) is 5.56 Å². The molecule has 2 aromatic rings. The van der Waals surface area contributed by atoms with Crippen molar-refractivity contribution in [1.29, 1.82) is 0 Å². The Kier molecular flexibility index (Phi) is 5.40. The van der Waals surface area contributed by atoms with Gasteiger partial charge in [0.1, 0.15) is 0 Å². The summed E-state index contributed by atoms with van der Waals surface area (Å²) in [6.45, 7) is 5.86. The van der Waals surface area contributed by atoms with E-state index in [1.807, 2.05) is 17.6 Å². The largest absolute Gasteiger partial charge is 0.367 e. The predicted octanol–water partition coefficient (Wildman–Crippen LogP) is 3.93. The number of nitrogens with zero attached hydrogens (tertiary/aromatic N) is 2. The van der Waals surface area contributed by atoms with Crippen molar-refractivity contribution in [3.63, 3.8) is 0 Å². The Bertz CT molecular complexity index is 540. The molecule has 20 heavy (non-hydrogen) atoms. The minimum atomic E-state index is 0.450. The van der Waals surface area contributed by atoms with E-state index in [-0.39, 0.29) is 0 Å². The Morgan fingerprint density at radius 2 is 2.20 bits per heavy atom. The smallest absolute Gasteiger partial charge is 0.0795 e. The lowest BCUT2D eigenvalue weighted by Crippen LogP contribution is -2.25. The molecule has 0 aliphatic rings. The fraction of sp³-hybridized carbons (Fsp3) is 0.400. The van der Waals surface area contributed by atoms with Gasteiger partial charge in [0.25, 0.3) is 0 Å². The van der Waals surface area contributed by atoms with Crippen molar-refractivity contribution in [2.24, 2.45) is 0 Å². The number of anilines is 1. The molecule has 0 saturated heterocycles. The monoisotopic (exact) mass is 309 g/mol. The van der Waals surface area contributed by atoms with Gasteiger partial charge in [-0.1, -0.05) is 37.6 Å². The van der Waals surface area contributed by atoms with E-state index in [0.29, 0.717) is 6.04 Å². The molecule has 3 nitrogen and oxygen atoms in total. The van der Waals surface area contributed by atoms with Gasteiger partial charge in [0.2, 0.25) is 0 Å². The number of hydrogen-bond acceptors (Lipinski definition) is 4. The maximum atomic E-state index is 6.39. The Morgan fingerprint density at radius 3 is 2.85 bits per heavy atom. The van der Waals surface area contributed by atoms with Gasteiger partial charge in [0.05, 0.1) is 28.5 Å². The standard InChI is InChI=1S/C15H20ClN3S/c1-11(2)17-7-12-5-4-6-14(16)15(12)19(3)8-13-9-20-10-18-13/h4-6,9-11,17H,7-8H2,1-3H3. The highest BCUT2D eigenvalue weighted by molar-refractivity contribution is 7.07. The van der Waals surface area contributed by atoms with E-state index < -0.39 is 0 Å². The van der Waals surface area contributed by atoms with Gasteiger partial charge >= 0.3 is 0 Å². The second-order valence-corrected chi connectivity index (χ2v) is 6.24. The van der Waals surface area contributed by atoms with Gasteiger partial charge < -0.3 is 10.2 Å². The fourth-order valence-electron chi connectivity index (χ4n) is 2.08. The Balaban J connectivity index is 2.19. The van der Waals surface area contributed by atoms with Crippen LogP contribution in [0.25, 0.3) is 0 Å². The predicted molar refractivity (Wildman–Crippen MR) is 87.6 cm³/mol. The highest BCUT2D eigenvalue weighted by atomic mass is 35.5. The van der Waals surface area contributed by atoms with Crippen molar-refractivity contribution in [1.82, 2.24) is 10.3 Å². The second-order valence-electron chi connectivity index (χ2n) is 5.12. The highest BCUT2D eigenvalue weighted by Crippen LogP contribution is 2.30. The topological polar surface area (TPSA) is 28.2 Å². The molecule has 108 valence electrons. The molecular formula is C15H20ClN3S. The molecule has 1 heterocycles. The number of benzene rings is 1. The maximum absolute atomic E-state index is 6.39. The van der Waals surface area contributed by atoms with Crippen LogP contribution >= 0.6 is 22.9 Å². The zero-order chi connectivity index (χ0) is 14.5. The van der Waals surface area contributed by atoms with Gasteiger partial charge in [0, 0.05) is 25.0 Å². The summed E-state index contributed by atoms with van der Waals surface area (Å²) in [5.74, 6) is 0. The summed E-state index contributed by atoms with van der Waals surface area (Å²) >= 11 is 8.01. The molecular weight excluding hydrogens is 290 g/mol. The third-order valence-corrected chi connectivity index (χ3v) is 3.98. The fourth-order valence-corrected chi connectivity index (χ4v) is 2.97. The lowest BCUT2D eigenvalue weighted by atomic mass is 10.1. The average molecular weight is 310 g/mol. The first-order valence-electron chi connectivity index (χ1n) is 6.67. The Morgan fingerprint density at radius 1 is 1.40 bits per heavy atom. The molecule has 5 heteroatoms. The van der Waals surface area contributed by atoms with Crippen LogP contribution < -0.4 is 10.2 Å². The van der Waals surface area contributed by atoms with Gasteiger partial charge in [-0.25, -0.2) is 4.98 Å². The van der Waals surface area contributed by atoms with Crippen LogP contribution in [0.2, 0.25) is 5.02 Å². The van der Waals surface area contributed by atoms with Crippen LogP contribution in [-0.2, 0) is 13.1 Å². The van der Waals surface area contributed by atoms with Gasteiger partial charge in [-0.3, -0.25) is 0 Å². The molecule has 0 amide bonds. The molecule has 0 aliphatic heterocycles. The molecule has 0 spiro atoms. The third-order valence-electron chi connectivity index (χ3n) is 3.04. The summed E-state index contributed by atoms with van der Waals surface area (Å²) < 4.78 is 0. The second kappa shape index (κ2) is 7.07. The Hall–Kier alpha value is -1.10. The van der Waals surface area contributed by atoms with Gasteiger partial charge in [-0.05, 0) is 11.6 Å². The molecule has 0 atom stereocenters. The number of halogens is 1. The first kappa shape index (κ1) is 15.3. The van der Waals surface area contributed by atoms with Crippen molar-refractivity contribution in [2.75, 3.05) is 11.9 Å². The molecule has 1 aromatic carbocycles. The number of para-hydroxylation sites is 1. The van der Waals surface area contributed by atoms with Gasteiger partial charge in [-0.15, -0.1) is 11.3 Å². The number of nitrogens with one attached hydrogen (secondary N) is 1. The summed E-state index contributed by atoms with van der Waals surface area (Å²) in [6.07, 6.45) is 0. The summed E-state index contributed by atoms with van der Waals surface area (Å²) in [5.41, 5.74) is 5.22. The van der Waals surface area contributed by atoms with Crippen LogP contribution in [0.1, 0.15) is 25.1 Å². The summed E-state index contributed by atoms with van der Waals surface area (Å²) in [7, 11) is 2.05. The van der Waals surface area contributed by atoms with E-state index in [0.717, 1.165) is 29.5 Å². The van der Waals surface area contributed by atoms with Crippen LogP contribution in [0, 0.1) is 0 Å². The number of rotatable bonds is 6.